The van der Waals surface area contributed by atoms with Crippen molar-refractivity contribution in [2.24, 2.45) is 11.3 Å². The van der Waals surface area contributed by atoms with Gasteiger partial charge in [0.15, 0.2) is 0 Å². The minimum Gasteiger partial charge on any atom is -0.391 e. The van der Waals surface area contributed by atoms with Crippen molar-refractivity contribution in [3.8, 4) is 0 Å². The van der Waals surface area contributed by atoms with E-state index in [1.54, 1.807) is 0 Å². The lowest BCUT2D eigenvalue weighted by atomic mass is 9.67. The third-order valence-electron chi connectivity index (χ3n) is 6.22. The van der Waals surface area contributed by atoms with Gasteiger partial charge in [0.2, 0.25) is 0 Å². The first kappa shape index (κ1) is 15.3. The minimum absolute atomic E-state index is 0.102. The molecule has 2 rings (SSSR count). The van der Waals surface area contributed by atoms with Gasteiger partial charge in [-0.25, -0.2) is 0 Å². The molecular weight excluding hydrogens is 234 g/mol. The Morgan fingerprint density at radius 3 is 2.32 bits per heavy atom. The highest BCUT2D eigenvalue weighted by Gasteiger charge is 2.39. The number of nitrogens with zero attached hydrogens (tertiary/aromatic N) is 1. The molecule has 0 aromatic heterocycles. The van der Waals surface area contributed by atoms with Crippen molar-refractivity contribution in [1.82, 2.24) is 4.90 Å². The molecule has 19 heavy (non-hydrogen) atoms. The fourth-order valence-electron chi connectivity index (χ4n) is 4.15. The van der Waals surface area contributed by atoms with Crippen LogP contribution in [0.1, 0.15) is 72.1 Å². The summed E-state index contributed by atoms with van der Waals surface area (Å²) in [6.45, 7) is 7.12. The van der Waals surface area contributed by atoms with Crippen LogP contribution in [-0.4, -0.2) is 35.2 Å². The van der Waals surface area contributed by atoms with Crippen LogP contribution >= 0.6 is 0 Å². The van der Waals surface area contributed by atoms with E-state index >= 15 is 0 Å². The van der Waals surface area contributed by atoms with Gasteiger partial charge in [-0.15, -0.1) is 0 Å². The lowest BCUT2D eigenvalue weighted by Crippen LogP contribution is -2.50. The molecule has 0 radical (unpaired) electrons. The number of aliphatic hydroxyl groups is 1. The van der Waals surface area contributed by atoms with Gasteiger partial charge >= 0.3 is 0 Å². The molecule has 2 fully saturated rings. The van der Waals surface area contributed by atoms with Crippen LogP contribution < -0.4 is 0 Å². The molecule has 2 heteroatoms. The summed E-state index contributed by atoms with van der Waals surface area (Å²) in [6.07, 6.45) is 9.96. The molecule has 2 aliphatic carbocycles. The molecule has 0 aromatic carbocycles. The summed E-state index contributed by atoms with van der Waals surface area (Å²) in [5.41, 5.74) is 0.426. The third kappa shape index (κ3) is 3.33. The largest absolute Gasteiger partial charge is 0.391 e. The molecule has 1 N–H and O–H groups in total. The van der Waals surface area contributed by atoms with E-state index in [9.17, 15) is 5.11 Å². The van der Waals surface area contributed by atoms with Crippen LogP contribution in [0, 0.1) is 11.3 Å². The van der Waals surface area contributed by atoms with E-state index in [0.29, 0.717) is 11.5 Å². The molecule has 0 aliphatic heterocycles. The predicted molar refractivity (Wildman–Crippen MR) is 81.2 cm³/mol. The molecule has 0 bridgehead atoms. The number of hydrogen-bond acceptors (Lipinski definition) is 2. The maximum absolute atomic E-state index is 10.4. The summed E-state index contributed by atoms with van der Waals surface area (Å²) in [5, 5.41) is 10.4. The Balaban J connectivity index is 2.01. The van der Waals surface area contributed by atoms with Gasteiger partial charge in [0.25, 0.3) is 0 Å². The molecule has 0 aromatic rings. The summed E-state index contributed by atoms with van der Waals surface area (Å²) in [4.78, 5) is 2.52. The van der Waals surface area contributed by atoms with E-state index in [2.05, 4.69) is 32.7 Å². The van der Waals surface area contributed by atoms with Gasteiger partial charge < -0.3 is 5.11 Å². The van der Waals surface area contributed by atoms with Crippen LogP contribution in [0.15, 0.2) is 0 Å². The van der Waals surface area contributed by atoms with Gasteiger partial charge in [-0.3, -0.25) is 4.90 Å². The Bertz CT molecular complexity index is 283. The van der Waals surface area contributed by atoms with Crippen molar-refractivity contribution in [2.45, 2.75) is 90.3 Å². The van der Waals surface area contributed by atoms with Crippen molar-refractivity contribution in [2.75, 3.05) is 7.05 Å². The first-order valence-corrected chi connectivity index (χ1v) is 8.35. The van der Waals surface area contributed by atoms with E-state index < -0.39 is 0 Å². The zero-order valence-electron chi connectivity index (χ0n) is 13.4. The predicted octanol–water partition coefficient (Wildman–Crippen LogP) is 3.83. The van der Waals surface area contributed by atoms with Gasteiger partial charge in [-0.2, -0.15) is 0 Å². The van der Waals surface area contributed by atoms with Gasteiger partial charge in [0, 0.05) is 12.1 Å². The molecule has 0 spiro atoms. The highest BCUT2D eigenvalue weighted by molar-refractivity contribution is 4.93. The summed E-state index contributed by atoms with van der Waals surface area (Å²) in [7, 11) is 2.26. The van der Waals surface area contributed by atoms with Crippen LogP contribution in [0.5, 0.6) is 0 Å². The molecule has 0 amide bonds. The van der Waals surface area contributed by atoms with Gasteiger partial charge in [0.05, 0.1) is 6.10 Å². The molecule has 112 valence electrons. The Kier molecular flexibility index (Phi) is 4.94. The number of aliphatic hydroxyl groups excluding tert-OH is 1. The first-order valence-electron chi connectivity index (χ1n) is 8.35. The van der Waals surface area contributed by atoms with E-state index in [0.717, 1.165) is 18.4 Å². The lowest BCUT2D eigenvalue weighted by Gasteiger charge is -2.46. The summed E-state index contributed by atoms with van der Waals surface area (Å²) < 4.78 is 0. The average Bonchev–Trinajstić information content (AvgIpc) is 2.92. The van der Waals surface area contributed by atoms with Gasteiger partial charge in [-0.1, -0.05) is 40.0 Å². The smallest absolute Gasteiger partial charge is 0.0695 e. The Morgan fingerprint density at radius 2 is 1.74 bits per heavy atom. The van der Waals surface area contributed by atoms with Crippen LogP contribution in [-0.2, 0) is 0 Å². The fraction of sp³-hybridized carbons (Fsp3) is 1.00. The van der Waals surface area contributed by atoms with Gasteiger partial charge in [0.1, 0.15) is 0 Å². The maximum Gasteiger partial charge on any atom is 0.0695 e. The van der Waals surface area contributed by atoms with Crippen LogP contribution in [0.3, 0.4) is 0 Å². The molecule has 0 heterocycles. The van der Waals surface area contributed by atoms with Crippen LogP contribution in [0.25, 0.3) is 0 Å². The van der Waals surface area contributed by atoms with E-state index in [1.165, 1.54) is 44.9 Å². The molecule has 2 saturated carbocycles. The molecule has 3 atom stereocenters. The standard InChI is InChI=1S/C17H33NO/c1-5-17(2,3)13-10-11-16(19)15(12-13)18(4)14-8-6-7-9-14/h13-16,19H,5-12H2,1-4H3. The van der Waals surface area contributed by atoms with E-state index in [4.69, 9.17) is 0 Å². The van der Waals surface area contributed by atoms with Crippen LogP contribution in [0.2, 0.25) is 0 Å². The fourth-order valence-corrected chi connectivity index (χ4v) is 4.15. The van der Waals surface area contributed by atoms with Crippen molar-refractivity contribution in [1.29, 1.82) is 0 Å². The highest BCUT2D eigenvalue weighted by Crippen LogP contribution is 2.42. The molecule has 3 unspecified atom stereocenters. The first-order chi connectivity index (χ1) is 8.95. The number of likely N-dealkylation sites (N-methyl/N-ethyl adjacent to an activating group) is 1. The van der Waals surface area contributed by atoms with Crippen molar-refractivity contribution in [3.63, 3.8) is 0 Å². The quantitative estimate of drug-likeness (QED) is 0.837. The van der Waals surface area contributed by atoms with Crippen molar-refractivity contribution in [3.05, 3.63) is 0 Å². The van der Waals surface area contributed by atoms with Crippen molar-refractivity contribution < 1.29 is 5.11 Å². The highest BCUT2D eigenvalue weighted by atomic mass is 16.3. The third-order valence-corrected chi connectivity index (χ3v) is 6.22. The second kappa shape index (κ2) is 6.13. The lowest BCUT2D eigenvalue weighted by molar-refractivity contribution is -0.0250. The molecule has 2 nitrogen and oxygen atoms in total. The normalized spacial score (nSPS) is 34.1. The minimum atomic E-state index is -0.102. The summed E-state index contributed by atoms with van der Waals surface area (Å²) in [6, 6.07) is 1.12. The van der Waals surface area contributed by atoms with Gasteiger partial charge in [-0.05, 0) is 50.5 Å². The SMILES string of the molecule is CCC(C)(C)C1CCC(O)C(N(C)C2CCCC2)C1. The van der Waals surface area contributed by atoms with E-state index in [-0.39, 0.29) is 6.10 Å². The Morgan fingerprint density at radius 1 is 1.11 bits per heavy atom. The second-order valence-corrected chi connectivity index (χ2v) is 7.59. The zero-order valence-corrected chi connectivity index (χ0v) is 13.4. The molecule has 0 saturated heterocycles. The second-order valence-electron chi connectivity index (χ2n) is 7.59. The molecular formula is C17H33NO. The monoisotopic (exact) mass is 267 g/mol. The average molecular weight is 267 g/mol. The maximum atomic E-state index is 10.4. The Labute approximate surface area is 119 Å². The Hall–Kier alpha value is -0.0800. The number of hydrogen-bond donors (Lipinski definition) is 1. The summed E-state index contributed by atoms with van der Waals surface area (Å²) in [5.74, 6) is 0.773. The van der Waals surface area contributed by atoms with E-state index in [1.807, 2.05) is 0 Å². The number of rotatable bonds is 4. The summed E-state index contributed by atoms with van der Waals surface area (Å²) >= 11 is 0. The molecule has 2 aliphatic rings. The zero-order chi connectivity index (χ0) is 14.0. The topological polar surface area (TPSA) is 23.5 Å². The van der Waals surface area contributed by atoms with Crippen LogP contribution in [0.4, 0.5) is 0 Å². The van der Waals surface area contributed by atoms with Crippen molar-refractivity contribution >= 4 is 0 Å².